The van der Waals surface area contributed by atoms with Crippen LogP contribution in [0.15, 0.2) is 60.8 Å². The van der Waals surface area contributed by atoms with Crippen molar-refractivity contribution in [1.82, 2.24) is 4.90 Å². The SMILES string of the molecule is CC(=O)Nc1cccc(-c2ccccc2CN2C=CCC2)c1. The Labute approximate surface area is 131 Å². The lowest BCUT2D eigenvalue weighted by Crippen LogP contribution is -2.14. The molecule has 0 aromatic heterocycles. The van der Waals surface area contributed by atoms with Crippen LogP contribution in [0.1, 0.15) is 18.9 Å². The number of nitrogens with one attached hydrogen (secondary N) is 1. The Morgan fingerprint density at radius 1 is 1.18 bits per heavy atom. The largest absolute Gasteiger partial charge is 0.373 e. The van der Waals surface area contributed by atoms with Gasteiger partial charge in [-0.25, -0.2) is 0 Å². The van der Waals surface area contributed by atoms with E-state index in [2.05, 4.69) is 52.8 Å². The van der Waals surface area contributed by atoms with Crippen LogP contribution >= 0.6 is 0 Å². The van der Waals surface area contributed by atoms with Gasteiger partial charge in [0.2, 0.25) is 5.91 Å². The molecule has 0 unspecified atom stereocenters. The normalized spacial score (nSPS) is 13.4. The highest BCUT2D eigenvalue weighted by atomic mass is 16.1. The number of carbonyl (C=O) groups excluding carboxylic acids is 1. The van der Waals surface area contributed by atoms with Crippen LogP contribution in [-0.2, 0) is 11.3 Å². The fourth-order valence-corrected chi connectivity index (χ4v) is 2.80. The van der Waals surface area contributed by atoms with Crippen LogP contribution in [0.25, 0.3) is 11.1 Å². The summed E-state index contributed by atoms with van der Waals surface area (Å²) in [6.07, 6.45) is 5.50. The number of amides is 1. The highest BCUT2D eigenvalue weighted by Crippen LogP contribution is 2.27. The van der Waals surface area contributed by atoms with Gasteiger partial charge in [0.25, 0.3) is 0 Å². The molecule has 0 radical (unpaired) electrons. The van der Waals surface area contributed by atoms with Gasteiger partial charge in [-0.1, -0.05) is 42.5 Å². The van der Waals surface area contributed by atoms with E-state index in [0.717, 1.165) is 30.8 Å². The first-order valence-electron chi connectivity index (χ1n) is 7.59. The molecule has 0 atom stereocenters. The number of hydrogen-bond donors (Lipinski definition) is 1. The fraction of sp³-hybridized carbons (Fsp3) is 0.211. The van der Waals surface area contributed by atoms with Crippen molar-refractivity contribution >= 4 is 11.6 Å². The van der Waals surface area contributed by atoms with E-state index in [-0.39, 0.29) is 5.91 Å². The van der Waals surface area contributed by atoms with Crippen LogP contribution in [0.5, 0.6) is 0 Å². The third-order valence-electron chi connectivity index (χ3n) is 3.78. The van der Waals surface area contributed by atoms with Crippen molar-refractivity contribution in [3.05, 3.63) is 66.4 Å². The minimum absolute atomic E-state index is 0.0485. The van der Waals surface area contributed by atoms with Gasteiger partial charge in [-0.15, -0.1) is 0 Å². The molecule has 2 aromatic rings. The first-order valence-corrected chi connectivity index (χ1v) is 7.59. The minimum Gasteiger partial charge on any atom is -0.373 e. The number of anilines is 1. The highest BCUT2D eigenvalue weighted by Gasteiger charge is 2.10. The topological polar surface area (TPSA) is 32.3 Å². The maximum atomic E-state index is 11.2. The second kappa shape index (κ2) is 6.48. The van der Waals surface area contributed by atoms with Crippen LogP contribution in [0.4, 0.5) is 5.69 Å². The second-order valence-corrected chi connectivity index (χ2v) is 5.56. The molecule has 1 aliphatic rings. The summed E-state index contributed by atoms with van der Waals surface area (Å²) in [7, 11) is 0. The van der Waals surface area contributed by atoms with E-state index in [9.17, 15) is 4.79 Å². The molecule has 0 spiro atoms. The molecule has 112 valence electrons. The third kappa shape index (κ3) is 3.37. The fourth-order valence-electron chi connectivity index (χ4n) is 2.80. The molecule has 2 aromatic carbocycles. The lowest BCUT2D eigenvalue weighted by Gasteiger charge is -2.18. The van der Waals surface area contributed by atoms with Gasteiger partial charge in [0.05, 0.1) is 0 Å². The Kier molecular flexibility index (Phi) is 4.24. The monoisotopic (exact) mass is 292 g/mol. The van der Waals surface area contributed by atoms with Gasteiger partial charge in [-0.2, -0.15) is 0 Å². The molecule has 0 fully saturated rings. The van der Waals surface area contributed by atoms with Crippen LogP contribution in [0.3, 0.4) is 0 Å². The highest BCUT2D eigenvalue weighted by molar-refractivity contribution is 5.89. The molecule has 1 amide bonds. The molecule has 0 saturated heterocycles. The second-order valence-electron chi connectivity index (χ2n) is 5.56. The summed E-state index contributed by atoms with van der Waals surface area (Å²) >= 11 is 0. The maximum absolute atomic E-state index is 11.2. The summed E-state index contributed by atoms with van der Waals surface area (Å²) in [6, 6.07) is 16.5. The molecule has 0 aliphatic carbocycles. The van der Waals surface area contributed by atoms with E-state index in [4.69, 9.17) is 0 Å². The quantitative estimate of drug-likeness (QED) is 0.922. The predicted molar refractivity (Wildman–Crippen MR) is 90.3 cm³/mol. The lowest BCUT2D eigenvalue weighted by molar-refractivity contribution is -0.114. The molecule has 3 rings (SSSR count). The zero-order chi connectivity index (χ0) is 15.4. The van der Waals surface area contributed by atoms with Crippen LogP contribution in [0, 0.1) is 0 Å². The van der Waals surface area contributed by atoms with Gasteiger partial charge in [-0.05, 0) is 41.4 Å². The molecule has 3 nitrogen and oxygen atoms in total. The summed E-state index contributed by atoms with van der Waals surface area (Å²) in [5, 5.41) is 2.85. The Hall–Kier alpha value is -2.55. The van der Waals surface area contributed by atoms with Crippen molar-refractivity contribution in [3.63, 3.8) is 0 Å². The molecule has 1 aliphatic heterocycles. The van der Waals surface area contributed by atoms with E-state index in [0.29, 0.717) is 0 Å². The van der Waals surface area contributed by atoms with Crippen molar-refractivity contribution in [3.8, 4) is 11.1 Å². The summed E-state index contributed by atoms with van der Waals surface area (Å²) in [5.41, 5.74) is 4.48. The summed E-state index contributed by atoms with van der Waals surface area (Å²) in [6.45, 7) is 3.53. The minimum atomic E-state index is -0.0485. The summed E-state index contributed by atoms with van der Waals surface area (Å²) < 4.78 is 0. The Balaban J connectivity index is 1.90. The third-order valence-corrected chi connectivity index (χ3v) is 3.78. The van der Waals surface area contributed by atoms with Gasteiger partial charge < -0.3 is 10.2 Å². The Morgan fingerprint density at radius 2 is 2.05 bits per heavy atom. The Bertz CT molecular complexity index is 706. The van der Waals surface area contributed by atoms with Crippen LogP contribution in [0.2, 0.25) is 0 Å². The zero-order valence-corrected chi connectivity index (χ0v) is 12.8. The smallest absolute Gasteiger partial charge is 0.221 e. The molecular weight excluding hydrogens is 272 g/mol. The van der Waals surface area contributed by atoms with Crippen molar-refractivity contribution in [2.45, 2.75) is 19.9 Å². The Morgan fingerprint density at radius 3 is 2.82 bits per heavy atom. The van der Waals surface area contributed by atoms with E-state index in [1.165, 1.54) is 18.1 Å². The molecular formula is C19H20N2O. The summed E-state index contributed by atoms with van der Waals surface area (Å²) in [5.74, 6) is -0.0485. The number of rotatable bonds is 4. The van der Waals surface area contributed by atoms with Gasteiger partial charge in [0, 0.05) is 25.7 Å². The molecule has 0 saturated carbocycles. The molecule has 0 bridgehead atoms. The number of carbonyl (C=O) groups is 1. The van der Waals surface area contributed by atoms with Gasteiger partial charge in [0.15, 0.2) is 0 Å². The first kappa shape index (κ1) is 14.4. The first-order chi connectivity index (χ1) is 10.7. The van der Waals surface area contributed by atoms with E-state index in [1.807, 2.05) is 18.2 Å². The van der Waals surface area contributed by atoms with Gasteiger partial charge in [0.1, 0.15) is 0 Å². The lowest BCUT2D eigenvalue weighted by atomic mass is 9.99. The van der Waals surface area contributed by atoms with Crippen molar-refractivity contribution in [1.29, 1.82) is 0 Å². The van der Waals surface area contributed by atoms with Crippen molar-refractivity contribution in [2.24, 2.45) is 0 Å². The van der Waals surface area contributed by atoms with Crippen LogP contribution < -0.4 is 5.32 Å². The molecule has 3 heteroatoms. The number of nitrogens with zero attached hydrogens (tertiary/aromatic N) is 1. The average molecular weight is 292 g/mol. The maximum Gasteiger partial charge on any atom is 0.221 e. The number of benzene rings is 2. The van der Waals surface area contributed by atoms with E-state index >= 15 is 0 Å². The van der Waals surface area contributed by atoms with Crippen molar-refractivity contribution < 1.29 is 4.79 Å². The van der Waals surface area contributed by atoms with Gasteiger partial charge >= 0.3 is 0 Å². The average Bonchev–Trinajstić information content (AvgIpc) is 3.00. The zero-order valence-electron chi connectivity index (χ0n) is 12.8. The van der Waals surface area contributed by atoms with Crippen LogP contribution in [-0.4, -0.2) is 17.4 Å². The summed E-state index contributed by atoms with van der Waals surface area (Å²) in [4.78, 5) is 13.6. The van der Waals surface area contributed by atoms with E-state index in [1.54, 1.807) is 0 Å². The molecule has 1 heterocycles. The molecule has 22 heavy (non-hydrogen) atoms. The van der Waals surface area contributed by atoms with Gasteiger partial charge in [-0.3, -0.25) is 4.79 Å². The van der Waals surface area contributed by atoms with E-state index < -0.39 is 0 Å². The van der Waals surface area contributed by atoms with Crippen molar-refractivity contribution in [2.75, 3.05) is 11.9 Å². The predicted octanol–water partition coefficient (Wildman–Crippen LogP) is 4.03. The standard InChI is InChI=1S/C19H20N2O/c1-15(22)20-18-9-6-8-16(13-18)19-10-3-2-7-17(19)14-21-11-4-5-12-21/h2-4,6-11,13H,5,12,14H2,1H3,(H,20,22). The number of hydrogen-bond acceptors (Lipinski definition) is 2. The molecule has 1 N–H and O–H groups in total.